The lowest BCUT2D eigenvalue weighted by atomic mass is 10.2. The fourth-order valence-corrected chi connectivity index (χ4v) is 6.60. The summed E-state index contributed by atoms with van der Waals surface area (Å²) in [6.07, 6.45) is -5.02. The van der Waals surface area contributed by atoms with Crippen molar-refractivity contribution in [2.24, 2.45) is 4.99 Å². The molecule has 2 amide bonds. The molecule has 0 bridgehead atoms. The van der Waals surface area contributed by atoms with Crippen LogP contribution in [0.5, 0.6) is 0 Å². The van der Waals surface area contributed by atoms with Crippen LogP contribution in [0.4, 0.5) is 35.9 Å². The molecule has 0 unspecified atom stereocenters. The van der Waals surface area contributed by atoms with Crippen molar-refractivity contribution in [2.45, 2.75) is 24.5 Å². The number of amides is 2. The third-order valence-corrected chi connectivity index (χ3v) is 8.73. The van der Waals surface area contributed by atoms with E-state index in [1.165, 1.54) is 35.7 Å². The highest BCUT2D eigenvalue weighted by Gasteiger charge is 2.41. The number of benzene rings is 3. The molecule has 2 aliphatic rings. The second kappa shape index (κ2) is 11.8. The van der Waals surface area contributed by atoms with Gasteiger partial charge in [-0.05, 0) is 60.6 Å². The van der Waals surface area contributed by atoms with Crippen LogP contribution in [0.25, 0.3) is 0 Å². The first-order valence-corrected chi connectivity index (χ1v) is 14.3. The number of nitriles is 1. The Morgan fingerprint density at radius 1 is 1.07 bits per heavy atom. The summed E-state index contributed by atoms with van der Waals surface area (Å²) in [6.45, 7) is 2.83. The van der Waals surface area contributed by atoms with Gasteiger partial charge in [-0.25, -0.2) is 4.99 Å². The first-order valence-electron chi connectivity index (χ1n) is 12.7. The van der Waals surface area contributed by atoms with Crippen molar-refractivity contribution in [1.82, 2.24) is 4.90 Å². The molecule has 5 rings (SSSR count). The van der Waals surface area contributed by atoms with Crippen molar-refractivity contribution in [3.8, 4) is 6.07 Å². The van der Waals surface area contributed by atoms with E-state index in [2.05, 4.69) is 11.4 Å². The molecule has 0 aliphatic carbocycles. The maximum Gasteiger partial charge on any atom is 0.471 e. The third-order valence-electron chi connectivity index (χ3n) is 6.30. The lowest BCUT2D eigenvalue weighted by Crippen LogP contribution is -2.30. The van der Waals surface area contributed by atoms with E-state index in [4.69, 9.17) is 4.99 Å². The summed E-state index contributed by atoms with van der Waals surface area (Å²) in [5.74, 6) is -2.34. The van der Waals surface area contributed by atoms with E-state index in [0.717, 1.165) is 10.5 Å². The van der Waals surface area contributed by atoms with Crippen molar-refractivity contribution in [2.75, 3.05) is 29.1 Å². The minimum absolute atomic E-state index is 0.0125. The smallest absolute Gasteiger partial charge is 0.384 e. The molecule has 13 heteroatoms. The molecule has 3 aromatic rings. The van der Waals surface area contributed by atoms with Gasteiger partial charge in [0.05, 0.1) is 40.3 Å². The Balaban J connectivity index is 1.53. The molecule has 2 N–H and O–H groups in total. The van der Waals surface area contributed by atoms with Gasteiger partial charge in [0.1, 0.15) is 4.91 Å². The number of hydrogen-bond acceptors (Lipinski definition) is 8. The highest BCUT2D eigenvalue weighted by Crippen LogP contribution is 2.51. The van der Waals surface area contributed by atoms with E-state index in [1.54, 1.807) is 41.1 Å². The van der Waals surface area contributed by atoms with Crippen LogP contribution in [0.3, 0.4) is 0 Å². The SMILES string of the molecule is CCNc1ccc(C#N)cc1N=C1S/C(=C2\Sc3ccc(NC(=O)C(F)(F)F)cc3N2C)C(=O)N1Cc1ccccc1. The Morgan fingerprint density at radius 3 is 2.52 bits per heavy atom. The second-order valence-corrected chi connectivity index (χ2v) is 11.2. The maximum atomic E-state index is 13.9. The maximum absolute atomic E-state index is 13.9. The van der Waals surface area contributed by atoms with Crippen LogP contribution < -0.4 is 15.5 Å². The number of nitrogens with one attached hydrogen (secondary N) is 2. The van der Waals surface area contributed by atoms with Crippen LogP contribution in [-0.2, 0) is 16.1 Å². The number of nitrogens with zero attached hydrogens (tertiary/aromatic N) is 4. The third kappa shape index (κ3) is 5.95. The minimum atomic E-state index is -5.02. The number of halogens is 3. The van der Waals surface area contributed by atoms with Gasteiger partial charge < -0.3 is 15.5 Å². The molecule has 0 radical (unpaired) electrons. The van der Waals surface area contributed by atoms with E-state index in [-0.39, 0.29) is 18.1 Å². The van der Waals surface area contributed by atoms with Crippen LogP contribution >= 0.6 is 23.5 Å². The fourth-order valence-electron chi connectivity index (χ4n) is 4.29. The largest absolute Gasteiger partial charge is 0.471 e. The molecule has 2 heterocycles. The van der Waals surface area contributed by atoms with Crippen LogP contribution in [-0.4, -0.2) is 41.7 Å². The Bertz CT molecular complexity index is 1670. The summed E-state index contributed by atoms with van der Waals surface area (Å²) in [4.78, 5) is 34.6. The van der Waals surface area contributed by atoms with Gasteiger partial charge in [-0.15, -0.1) is 0 Å². The highest BCUT2D eigenvalue weighted by atomic mass is 32.2. The molecular weight excluding hydrogens is 585 g/mol. The Morgan fingerprint density at radius 2 is 1.83 bits per heavy atom. The van der Waals surface area contributed by atoms with Gasteiger partial charge in [0.2, 0.25) is 0 Å². The number of aliphatic imine (C=N–C) groups is 1. The van der Waals surface area contributed by atoms with Gasteiger partial charge in [0.25, 0.3) is 5.91 Å². The lowest BCUT2D eigenvalue weighted by molar-refractivity contribution is -0.167. The molecule has 0 saturated carbocycles. The van der Waals surface area contributed by atoms with Gasteiger partial charge >= 0.3 is 12.1 Å². The van der Waals surface area contributed by atoms with Crippen molar-refractivity contribution < 1.29 is 22.8 Å². The monoisotopic (exact) mass is 608 g/mol. The predicted molar refractivity (Wildman–Crippen MR) is 159 cm³/mol. The number of fused-ring (bicyclic) bond motifs is 1. The fraction of sp³-hybridized carbons (Fsp3) is 0.172. The topological polar surface area (TPSA) is 101 Å². The molecule has 3 aromatic carbocycles. The summed E-state index contributed by atoms with van der Waals surface area (Å²) < 4.78 is 38.3. The highest BCUT2D eigenvalue weighted by molar-refractivity contribution is 8.19. The van der Waals surface area contributed by atoms with Crippen LogP contribution in [0.2, 0.25) is 0 Å². The van der Waals surface area contributed by atoms with Crippen LogP contribution in [0, 0.1) is 11.3 Å². The number of amidine groups is 1. The molecule has 2 aliphatic heterocycles. The van der Waals surface area contributed by atoms with Crippen molar-refractivity contribution in [1.29, 1.82) is 5.26 Å². The average molecular weight is 609 g/mol. The standard InChI is InChI=1S/C29H23F3N6O2S2/c1-3-34-20-11-9-18(15-33)13-21(20)36-28-38(16-17-7-5-4-6-8-17)25(39)24(42-28)26-37(2)22-14-19(10-12-23(22)41-26)35-27(40)29(30,31)32/h4-14,34H,3,16H2,1-2H3,(H,35,40)/b26-24-,36-28?. The number of carbonyl (C=O) groups excluding carboxylic acids is 2. The molecule has 8 nitrogen and oxygen atoms in total. The summed E-state index contributed by atoms with van der Waals surface area (Å²) >= 11 is 2.49. The molecule has 42 heavy (non-hydrogen) atoms. The zero-order chi connectivity index (χ0) is 30.0. The van der Waals surface area contributed by atoms with Crippen molar-refractivity contribution >= 4 is 63.3 Å². The number of alkyl halides is 3. The van der Waals surface area contributed by atoms with Crippen LogP contribution in [0.15, 0.2) is 86.6 Å². The average Bonchev–Trinajstić information content (AvgIpc) is 3.45. The van der Waals surface area contributed by atoms with Gasteiger partial charge in [-0.2, -0.15) is 18.4 Å². The predicted octanol–water partition coefficient (Wildman–Crippen LogP) is 6.67. The zero-order valence-electron chi connectivity index (χ0n) is 22.3. The molecule has 214 valence electrons. The molecule has 1 saturated heterocycles. The van der Waals surface area contributed by atoms with Crippen LogP contribution in [0.1, 0.15) is 18.1 Å². The van der Waals surface area contributed by atoms with Gasteiger partial charge in [0.15, 0.2) is 5.17 Å². The number of rotatable bonds is 6. The first-order chi connectivity index (χ1) is 20.1. The molecule has 0 aromatic heterocycles. The van der Waals surface area contributed by atoms with E-state index < -0.39 is 12.1 Å². The Labute approximate surface area is 248 Å². The quantitative estimate of drug-likeness (QED) is 0.302. The van der Waals surface area contributed by atoms with Crippen molar-refractivity contribution in [3.63, 3.8) is 0 Å². The summed E-state index contributed by atoms with van der Waals surface area (Å²) in [7, 11) is 1.71. The molecule has 0 atom stereocenters. The van der Waals surface area contributed by atoms with E-state index in [1.807, 2.05) is 42.6 Å². The van der Waals surface area contributed by atoms with E-state index in [9.17, 15) is 28.0 Å². The summed E-state index contributed by atoms with van der Waals surface area (Å²) in [5, 5.41) is 15.6. The van der Waals surface area contributed by atoms with E-state index in [0.29, 0.717) is 44.3 Å². The molecule has 0 spiro atoms. The summed E-state index contributed by atoms with van der Waals surface area (Å²) in [5.41, 5.74) is 3.08. The van der Waals surface area contributed by atoms with Gasteiger partial charge in [-0.3, -0.25) is 14.5 Å². The number of anilines is 3. The number of thioether (sulfide) groups is 2. The minimum Gasteiger partial charge on any atom is -0.384 e. The Kier molecular flexibility index (Phi) is 8.20. The number of carbonyl (C=O) groups is 2. The normalized spacial score (nSPS) is 17.4. The Hall–Kier alpha value is -4.41. The second-order valence-electron chi connectivity index (χ2n) is 9.18. The molecule has 1 fully saturated rings. The molecular formula is C29H23F3N6O2S2. The van der Waals surface area contributed by atoms with Crippen molar-refractivity contribution in [3.05, 3.63) is 87.8 Å². The van der Waals surface area contributed by atoms with E-state index >= 15 is 0 Å². The first kappa shape index (κ1) is 29.1. The lowest BCUT2D eigenvalue weighted by Gasteiger charge is -2.17. The zero-order valence-corrected chi connectivity index (χ0v) is 24.0. The van der Waals surface area contributed by atoms with Gasteiger partial charge in [0, 0.05) is 24.2 Å². The summed E-state index contributed by atoms with van der Waals surface area (Å²) in [6, 6.07) is 21.1. The van der Waals surface area contributed by atoms with Gasteiger partial charge in [-0.1, -0.05) is 42.1 Å². The number of hydrogen-bond donors (Lipinski definition) is 2.